The summed E-state index contributed by atoms with van der Waals surface area (Å²) >= 11 is 0. The molecule has 1 aliphatic carbocycles. The first kappa shape index (κ1) is 16.6. The van der Waals surface area contributed by atoms with Crippen molar-refractivity contribution in [1.29, 1.82) is 0 Å². The molecule has 0 fully saturated rings. The van der Waals surface area contributed by atoms with E-state index in [0.717, 1.165) is 32.1 Å². The number of ether oxygens (including phenoxy) is 1. The molecule has 0 aromatic heterocycles. The predicted octanol–water partition coefficient (Wildman–Crippen LogP) is 2.88. The zero-order valence-corrected chi connectivity index (χ0v) is 11.5. The lowest BCUT2D eigenvalue weighted by Crippen LogP contribution is -2.32. The van der Waals surface area contributed by atoms with Gasteiger partial charge in [-0.25, -0.2) is 0 Å². The first-order chi connectivity index (χ1) is 8.56. The van der Waals surface area contributed by atoms with E-state index in [-0.39, 0.29) is 17.5 Å². The van der Waals surface area contributed by atoms with E-state index in [1.54, 1.807) is 0 Å². The SMILES string of the molecule is CCOC(=O)C1(CC)CCCC=C(C)C1.O=C=O. The number of carbonyl (C=O) groups excluding carboxylic acids is 3. The van der Waals surface area contributed by atoms with Crippen LogP contribution >= 0.6 is 0 Å². The summed E-state index contributed by atoms with van der Waals surface area (Å²) in [6.07, 6.45) is 7.45. The minimum Gasteiger partial charge on any atom is -0.466 e. The quantitative estimate of drug-likeness (QED) is 0.574. The van der Waals surface area contributed by atoms with Gasteiger partial charge in [0.1, 0.15) is 0 Å². The maximum Gasteiger partial charge on any atom is 0.373 e. The van der Waals surface area contributed by atoms with Crippen molar-refractivity contribution in [2.75, 3.05) is 6.61 Å². The molecule has 0 aromatic carbocycles. The van der Waals surface area contributed by atoms with Crippen molar-refractivity contribution in [1.82, 2.24) is 0 Å². The zero-order valence-electron chi connectivity index (χ0n) is 11.5. The monoisotopic (exact) mass is 254 g/mol. The average Bonchev–Trinajstić information content (AvgIpc) is 2.53. The van der Waals surface area contributed by atoms with Crippen LogP contribution in [0.15, 0.2) is 11.6 Å². The summed E-state index contributed by atoms with van der Waals surface area (Å²) in [5.41, 5.74) is 1.09. The Kier molecular flexibility index (Phi) is 7.97. The van der Waals surface area contributed by atoms with Gasteiger partial charge in [0, 0.05) is 0 Å². The van der Waals surface area contributed by atoms with Crippen LogP contribution in [0.2, 0.25) is 0 Å². The van der Waals surface area contributed by atoms with Gasteiger partial charge in [-0.3, -0.25) is 4.79 Å². The van der Waals surface area contributed by atoms with Crippen molar-refractivity contribution in [3.05, 3.63) is 11.6 Å². The van der Waals surface area contributed by atoms with Crippen molar-refractivity contribution in [3.63, 3.8) is 0 Å². The summed E-state index contributed by atoms with van der Waals surface area (Å²) in [6.45, 7) is 6.58. The molecule has 1 unspecified atom stereocenters. The van der Waals surface area contributed by atoms with Gasteiger partial charge in [0.15, 0.2) is 0 Å². The summed E-state index contributed by atoms with van der Waals surface area (Å²) in [7, 11) is 0. The van der Waals surface area contributed by atoms with E-state index >= 15 is 0 Å². The predicted molar refractivity (Wildman–Crippen MR) is 66.6 cm³/mol. The Bertz CT molecular complexity index is 327. The third-order valence-corrected chi connectivity index (χ3v) is 3.35. The molecule has 0 radical (unpaired) electrons. The fraction of sp³-hybridized carbons (Fsp3) is 0.714. The first-order valence-corrected chi connectivity index (χ1v) is 6.38. The molecule has 1 atom stereocenters. The number of hydrogen-bond donors (Lipinski definition) is 0. The van der Waals surface area contributed by atoms with Gasteiger partial charge < -0.3 is 4.74 Å². The van der Waals surface area contributed by atoms with Gasteiger partial charge in [-0.1, -0.05) is 18.6 Å². The summed E-state index contributed by atoms with van der Waals surface area (Å²) in [5.74, 6) is 0.00199. The Balaban J connectivity index is 0.000000873. The van der Waals surface area contributed by atoms with Crippen molar-refractivity contribution < 1.29 is 19.1 Å². The summed E-state index contributed by atoms with van der Waals surface area (Å²) < 4.78 is 5.21. The lowest BCUT2D eigenvalue weighted by atomic mass is 9.77. The van der Waals surface area contributed by atoms with Crippen molar-refractivity contribution in [2.24, 2.45) is 5.41 Å². The number of hydrogen-bond acceptors (Lipinski definition) is 4. The molecule has 1 rings (SSSR count). The molecule has 18 heavy (non-hydrogen) atoms. The second-order valence-electron chi connectivity index (χ2n) is 4.56. The zero-order chi connectivity index (χ0) is 14.0. The van der Waals surface area contributed by atoms with Gasteiger partial charge in [-0.2, -0.15) is 9.59 Å². The van der Waals surface area contributed by atoms with E-state index in [9.17, 15) is 4.79 Å². The molecular weight excluding hydrogens is 232 g/mol. The van der Waals surface area contributed by atoms with E-state index in [4.69, 9.17) is 14.3 Å². The highest BCUT2D eigenvalue weighted by atomic mass is 16.5. The fourth-order valence-electron chi connectivity index (χ4n) is 2.39. The van der Waals surface area contributed by atoms with Crippen LogP contribution in [0.3, 0.4) is 0 Å². The van der Waals surface area contributed by atoms with Gasteiger partial charge >= 0.3 is 12.1 Å². The minimum absolute atomic E-state index is 0.00199. The Morgan fingerprint density at radius 3 is 2.56 bits per heavy atom. The van der Waals surface area contributed by atoms with Gasteiger partial charge in [0.25, 0.3) is 0 Å². The molecule has 0 saturated carbocycles. The largest absolute Gasteiger partial charge is 0.466 e. The Morgan fingerprint density at radius 2 is 2.06 bits per heavy atom. The van der Waals surface area contributed by atoms with E-state index < -0.39 is 0 Å². The van der Waals surface area contributed by atoms with Crippen LogP contribution in [0.25, 0.3) is 0 Å². The standard InChI is InChI=1S/C13H22O2.CO2/c1-4-13(12(14)15-5-2)9-7-6-8-11(3)10-13;2-1-3/h8H,4-7,9-10H2,1-3H3;. The number of allylic oxidation sites excluding steroid dienone is 2. The van der Waals surface area contributed by atoms with Crippen LogP contribution in [0, 0.1) is 5.41 Å². The van der Waals surface area contributed by atoms with Crippen molar-refractivity contribution in [2.45, 2.75) is 52.9 Å². The molecule has 4 heteroatoms. The van der Waals surface area contributed by atoms with Gasteiger partial charge in [0.2, 0.25) is 0 Å². The molecule has 0 spiro atoms. The third-order valence-electron chi connectivity index (χ3n) is 3.35. The highest BCUT2D eigenvalue weighted by Gasteiger charge is 2.38. The Morgan fingerprint density at radius 1 is 1.44 bits per heavy atom. The van der Waals surface area contributed by atoms with Gasteiger partial charge in [-0.05, 0) is 46.0 Å². The molecule has 4 nitrogen and oxygen atoms in total. The molecular formula is C14H22O4. The van der Waals surface area contributed by atoms with Crippen molar-refractivity contribution >= 4 is 12.1 Å². The molecule has 0 heterocycles. The number of rotatable bonds is 3. The second kappa shape index (κ2) is 8.65. The van der Waals surface area contributed by atoms with E-state index in [1.165, 1.54) is 5.57 Å². The lowest BCUT2D eigenvalue weighted by Gasteiger charge is -2.29. The average molecular weight is 254 g/mol. The van der Waals surface area contributed by atoms with Gasteiger partial charge in [-0.15, -0.1) is 0 Å². The number of esters is 1. The maximum absolute atomic E-state index is 12.0. The van der Waals surface area contributed by atoms with Crippen LogP contribution in [0.1, 0.15) is 52.9 Å². The Labute approximate surface area is 108 Å². The topological polar surface area (TPSA) is 60.4 Å². The maximum atomic E-state index is 12.0. The molecule has 0 bridgehead atoms. The fourth-order valence-corrected chi connectivity index (χ4v) is 2.39. The summed E-state index contributed by atoms with van der Waals surface area (Å²) in [6, 6.07) is 0. The molecule has 0 aromatic rings. The molecule has 0 aliphatic heterocycles. The minimum atomic E-state index is -0.243. The van der Waals surface area contributed by atoms with E-state index in [0.29, 0.717) is 6.61 Å². The van der Waals surface area contributed by atoms with Gasteiger partial charge in [0.05, 0.1) is 12.0 Å². The third kappa shape index (κ3) is 4.84. The molecule has 102 valence electrons. The van der Waals surface area contributed by atoms with Crippen LogP contribution < -0.4 is 0 Å². The molecule has 0 amide bonds. The van der Waals surface area contributed by atoms with Crippen molar-refractivity contribution in [3.8, 4) is 0 Å². The van der Waals surface area contributed by atoms with E-state index in [2.05, 4.69) is 19.9 Å². The first-order valence-electron chi connectivity index (χ1n) is 6.38. The molecule has 0 N–H and O–H groups in total. The lowest BCUT2D eigenvalue weighted by molar-refractivity contribution is -0.191. The van der Waals surface area contributed by atoms with Crippen LogP contribution in [-0.4, -0.2) is 18.7 Å². The normalized spacial score (nSPS) is 22.7. The highest BCUT2D eigenvalue weighted by molar-refractivity contribution is 5.77. The molecule has 0 saturated heterocycles. The van der Waals surface area contributed by atoms with Crippen LogP contribution in [0.4, 0.5) is 0 Å². The summed E-state index contributed by atoms with van der Waals surface area (Å²) in [5, 5.41) is 0. The Hall–Kier alpha value is -1.41. The highest BCUT2D eigenvalue weighted by Crippen LogP contribution is 2.39. The van der Waals surface area contributed by atoms with Crippen LogP contribution in [0.5, 0.6) is 0 Å². The van der Waals surface area contributed by atoms with Crippen LogP contribution in [-0.2, 0) is 19.1 Å². The smallest absolute Gasteiger partial charge is 0.373 e. The molecule has 1 aliphatic rings. The van der Waals surface area contributed by atoms with E-state index in [1.807, 2.05) is 6.92 Å². The number of carbonyl (C=O) groups is 1. The second-order valence-corrected chi connectivity index (χ2v) is 4.56. The summed E-state index contributed by atoms with van der Waals surface area (Å²) in [4.78, 5) is 28.2.